The number of carbonyl (C=O) groups excluding carboxylic acids is 2. The second-order valence-corrected chi connectivity index (χ2v) is 5.44. The summed E-state index contributed by atoms with van der Waals surface area (Å²) in [4.78, 5) is 24.4. The predicted octanol–water partition coefficient (Wildman–Crippen LogP) is 2.91. The van der Waals surface area contributed by atoms with Crippen LogP contribution >= 0.6 is 15.9 Å². The molecule has 0 spiro atoms. The number of hydrogen-bond donors (Lipinski definition) is 1. The Bertz CT molecular complexity index is 724. The van der Waals surface area contributed by atoms with E-state index in [9.17, 15) is 9.59 Å². The van der Waals surface area contributed by atoms with Gasteiger partial charge in [0.15, 0.2) is 0 Å². The molecular formula is C16H11BrN2O2. The smallest absolute Gasteiger partial charge is 0.267 e. The second kappa shape index (κ2) is 5.54. The molecule has 4 nitrogen and oxygen atoms in total. The molecule has 1 N–H and O–H groups in total. The van der Waals surface area contributed by atoms with Gasteiger partial charge in [-0.15, -0.1) is 0 Å². The Balaban J connectivity index is 1.92. The van der Waals surface area contributed by atoms with Gasteiger partial charge in [0, 0.05) is 4.47 Å². The third-order valence-electron chi connectivity index (χ3n) is 3.09. The van der Waals surface area contributed by atoms with Crippen LogP contribution in [0, 0.1) is 0 Å². The van der Waals surface area contributed by atoms with Crippen LogP contribution in [0.1, 0.15) is 5.56 Å². The summed E-state index contributed by atoms with van der Waals surface area (Å²) in [7, 11) is 0. The molecular weight excluding hydrogens is 332 g/mol. The van der Waals surface area contributed by atoms with E-state index in [-0.39, 0.29) is 11.5 Å². The zero-order chi connectivity index (χ0) is 14.8. The van der Waals surface area contributed by atoms with Gasteiger partial charge in [-0.25, -0.2) is 5.01 Å². The maximum absolute atomic E-state index is 12.4. The largest absolute Gasteiger partial charge is 0.282 e. The summed E-state index contributed by atoms with van der Waals surface area (Å²) in [5.74, 6) is -0.752. The zero-order valence-electron chi connectivity index (χ0n) is 10.9. The molecule has 1 heterocycles. The summed E-state index contributed by atoms with van der Waals surface area (Å²) < 4.78 is 0.907. The lowest BCUT2D eigenvalue weighted by Crippen LogP contribution is -2.35. The van der Waals surface area contributed by atoms with Crippen LogP contribution in [-0.2, 0) is 9.59 Å². The Morgan fingerprint density at radius 1 is 0.952 bits per heavy atom. The van der Waals surface area contributed by atoms with Crippen molar-refractivity contribution in [1.29, 1.82) is 0 Å². The van der Waals surface area contributed by atoms with E-state index in [4.69, 9.17) is 0 Å². The van der Waals surface area contributed by atoms with Crippen LogP contribution in [0.5, 0.6) is 0 Å². The Morgan fingerprint density at radius 3 is 2.29 bits per heavy atom. The van der Waals surface area contributed by atoms with Crippen molar-refractivity contribution in [3.63, 3.8) is 0 Å². The Morgan fingerprint density at radius 2 is 1.62 bits per heavy atom. The van der Waals surface area contributed by atoms with Crippen molar-refractivity contribution in [2.45, 2.75) is 0 Å². The third kappa shape index (κ3) is 2.73. The predicted molar refractivity (Wildman–Crippen MR) is 84.2 cm³/mol. The van der Waals surface area contributed by atoms with E-state index in [0.717, 1.165) is 10.0 Å². The van der Waals surface area contributed by atoms with Gasteiger partial charge in [0.2, 0.25) is 0 Å². The van der Waals surface area contributed by atoms with Crippen molar-refractivity contribution in [3.8, 4) is 0 Å². The number of nitrogens with one attached hydrogen (secondary N) is 1. The van der Waals surface area contributed by atoms with Gasteiger partial charge >= 0.3 is 0 Å². The lowest BCUT2D eigenvalue weighted by atomic mass is 10.1. The number of hydrogen-bond acceptors (Lipinski definition) is 2. The summed E-state index contributed by atoms with van der Waals surface area (Å²) in [6.45, 7) is 0. The molecule has 1 aliphatic heterocycles. The van der Waals surface area contributed by atoms with Crippen LogP contribution in [-0.4, -0.2) is 11.8 Å². The molecule has 0 atom stereocenters. The summed E-state index contributed by atoms with van der Waals surface area (Å²) in [6.07, 6.45) is 1.59. The minimum Gasteiger partial charge on any atom is -0.267 e. The first-order valence-electron chi connectivity index (χ1n) is 6.33. The molecule has 1 saturated heterocycles. The Labute approximate surface area is 130 Å². The Hall–Kier alpha value is -2.40. The number of nitrogens with zero attached hydrogens (tertiary/aromatic N) is 1. The number of benzene rings is 2. The maximum atomic E-state index is 12.4. The van der Waals surface area contributed by atoms with Gasteiger partial charge < -0.3 is 0 Å². The van der Waals surface area contributed by atoms with Gasteiger partial charge in [-0.05, 0) is 35.9 Å². The van der Waals surface area contributed by atoms with Crippen molar-refractivity contribution in [2.24, 2.45) is 0 Å². The first-order valence-corrected chi connectivity index (χ1v) is 7.12. The highest BCUT2D eigenvalue weighted by atomic mass is 79.9. The van der Waals surface area contributed by atoms with Crippen molar-refractivity contribution in [1.82, 2.24) is 5.43 Å². The van der Waals surface area contributed by atoms with Crippen molar-refractivity contribution >= 4 is 39.5 Å². The van der Waals surface area contributed by atoms with Gasteiger partial charge in [-0.3, -0.25) is 15.0 Å². The number of halogens is 1. The summed E-state index contributed by atoms with van der Waals surface area (Å²) in [5.41, 5.74) is 4.13. The molecule has 104 valence electrons. The van der Waals surface area contributed by atoms with Gasteiger partial charge in [-0.2, -0.15) is 0 Å². The monoisotopic (exact) mass is 342 g/mol. The number of carbonyl (C=O) groups is 2. The van der Waals surface area contributed by atoms with Crippen LogP contribution in [0.25, 0.3) is 6.08 Å². The fraction of sp³-hybridized carbons (Fsp3) is 0. The first kappa shape index (κ1) is 13.6. The summed E-state index contributed by atoms with van der Waals surface area (Å²) in [6, 6.07) is 16.4. The first-order chi connectivity index (χ1) is 10.1. The number of rotatable bonds is 2. The van der Waals surface area contributed by atoms with Crippen molar-refractivity contribution in [2.75, 3.05) is 5.01 Å². The van der Waals surface area contributed by atoms with E-state index in [1.165, 1.54) is 5.01 Å². The molecule has 1 fully saturated rings. The van der Waals surface area contributed by atoms with Gasteiger partial charge in [0.05, 0.1) is 5.69 Å². The molecule has 0 unspecified atom stereocenters. The summed E-state index contributed by atoms with van der Waals surface area (Å²) >= 11 is 3.33. The average molecular weight is 343 g/mol. The van der Waals surface area contributed by atoms with Crippen molar-refractivity contribution in [3.05, 3.63) is 70.2 Å². The molecule has 0 aliphatic carbocycles. The molecule has 1 aliphatic rings. The van der Waals surface area contributed by atoms with Crippen LogP contribution in [0.4, 0.5) is 5.69 Å². The van der Waals surface area contributed by atoms with E-state index < -0.39 is 5.91 Å². The van der Waals surface area contributed by atoms with Gasteiger partial charge in [0.1, 0.15) is 5.57 Å². The third-order valence-corrected chi connectivity index (χ3v) is 3.62. The highest BCUT2D eigenvalue weighted by Gasteiger charge is 2.34. The number of hydrazine groups is 1. The molecule has 2 amide bonds. The van der Waals surface area contributed by atoms with E-state index in [1.807, 2.05) is 42.5 Å². The van der Waals surface area contributed by atoms with Crippen LogP contribution in [0.2, 0.25) is 0 Å². The van der Waals surface area contributed by atoms with E-state index >= 15 is 0 Å². The molecule has 3 rings (SSSR count). The van der Waals surface area contributed by atoms with Crippen LogP contribution in [0.3, 0.4) is 0 Å². The van der Waals surface area contributed by atoms with Crippen LogP contribution < -0.4 is 10.4 Å². The van der Waals surface area contributed by atoms with E-state index in [1.54, 1.807) is 18.2 Å². The quantitative estimate of drug-likeness (QED) is 0.673. The zero-order valence-corrected chi connectivity index (χ0v) is 12.5. The fourth-order valence-electron chi connectivity index (χ4n) is 2.05. The van der Waals surface area contributed by atoms with Crippen molar-refractivity contribution < 1.29 is 9.59 Å². The molecule has 0 saturated carbocycles. The SMILES string of the molecule is O=C1NN(c2ccc(Br)cc2)C(=O)/C1=C\c1ccccc1. The number of anilines is 1. The second-order valence-electron chi connectivity index (χ2n) is 4.53. The van der Waals surface area contributed by atoms with Gasteiger partial charge in [-0.1, -0.05) is 46.3 Å². The Kier molecular flexibility index (Phi) is 3.58. The number of amides is 2. The topological polar surface area (TPSA) is 49.4 Å². The minimum atomic E-state index is -0.397. The standard InChI is InChI=1S/C16H11BrN2O2/c17-12-6-8-13(9-7-12)19-16(21)14(15(20)18-19)10-11-4-2-1-3-5-11/h1-10H,(H,18,20)/b14-10-. The molecule has 2 aromatic carbocycles. The molecule has 2 aromatic rings. The molecule has 0 aromatic heterocycles. The van der Waals surface area contributed by atoms with Gasteiger partial charge in [0.25, 0.3) is 11.8 Å². The fourth-order valence-corrected chi connectivity index (χ4v) is 2.31. The average Bonchev–Trinajstić information content (AvgIpc) is 2.77. The van der Waals surface area contributed by atoms with Crippen LogP contribution in [0.15, 0.2) is 64.6 Å². The molecule has 0 radical (unpaired) electrons. The minimum absolute atomic E-state index is 0.129. The lowest BCUT2D eigenvalue weighted by molar-refractivity contribution is -0.117. The summed E-state index contributed by atoms with van der Waals surface area (Å²) in [5, 5.41) is 1.25. The lowest BCUT2D eigenvalue weighted by Gasteiger charge is -2.14. The maximum Gasteiger partial charge on any atom is 0.282 e. The van der Waals surface area contributed by atoms with E-state index in [0.29, 0.717) is 5.69 Å². The molecule has 0 bridgehead atoms. The molecule has 5 heteroatoms. The van der Waals surface area contributed by atoms with E-state index in [2.05, 4.69) is 21.4 Å². The highest BCUT2D eigenvalue weighted by Crippen LogP contribution is 2.23. The molecule has 21 heavy (non-hydrogen) atoms. The normalized spacial score (nSPS) is 16.4. The highest BCUT2D eigenvalue weighted by molar-refractivity contribution is 9.10.